The van der Waals surface area contributed by atoms with E-state index in [4.69, 9.17) is 16.9 Å². The van der Waals surface area contributed by atoms with Crippen LogP contribution in [0.3, 0.4) is 0 Å². The second kappa shape index (κ2) is 6.17. The molecule has 0 atom stereocenters. The average Bonchev–Trinajstić information content (AvgIpc) is 3.12. The Balaban J connectivity index is 1.68. The number of fused-ring (bicyclic) bond motifs is 1. The number of nitriles is 1. The van der Waals surface area contributed by atoms with Gasteiger partial charge in [-0.2, -0.15) is 14.9 Å². The number of carbonyl (C=O) groups is 1. The summed E-state index contributed by atoms with van der Waals surface area (Å²) in [6.45, 7) is 0.390. The topological polar surface area (TPSA) is 83.9 Å². The van der Waals surface area contributed by atoms with E-state index < -0.39 is 5.69 Å². The molecule has 0 saturated carbocycles. The Kier molecular flexibility index (Phi) is 3.82. The summed E-state index contributed by atoms with van der Waals surface area (Å²) in [5.74, 6) is 0.383. The van der Waals surface area contributed by atoms with E-state index in [1.165, 1.54) is 14.3 Å². The summed E-state index contributed by atoms with van der Waals surface area (Å²) in [6, 6.07) is 15.5. The third-order valence-electron chi connectivity index (χ3n) is 4.18. The first-order valence-electron chi connectivity index (χ1n) is 7.82. The van der Waals surface area contributed by atoms with Crippen LogP contribution in [0.15, 0.2) is 53.3 Å². The van der Waals surface area contributed by atoms with Crippen molar-refractivity contribution in [2.24, 2.45) is 0 Å². The first-order valence-corrected chi connectivity index (χ1v) is 8.20. The molecule has 128 valence electrons. The summed E-state index contributed by atoms with van der Waals surface area (Å²) >= 11 is 6.01. The number of hydrogen-bond acceptors (Lipinski definition) is 4. The molecule has 8 heteroatoms. The molecule has 1 aliphatic heterocycles. The molecular formula is C18H12ClN5O2. The summed E-state index contributed by atoms with van der Waals surface area (Å²) in [5, 5.41) is 9.39. The van der Waals surface area contributed by atoms with E-state index in [2.05, 4.69) is 4.98 Å². The molecule has 7 nitrogen and oxygen atoms in total. The summed E-state index contributed by atoms with van der Waals surface area (Å²) in [6.07, 6.45) is 0. The highest BCUT2D eigenvalue weighted by molar-refractivity contribution is 6.30. The minimum Gasteiger partial charge on any atom is -0.285 e. The molecular weight excluding hydrogens is 354 g/mol. The number of anilines is 1. The van der Waals surface area contributed by atoms with Crippen molar-refractivity contribution in [2.75, 3.05) is 4.90 Å². The Bertz CT molecular complexity index is 1110. The van der Waals surface area contributed by atoms with Crippen LogP contribution in [-0.2, 0) is 13.1 Å². The molecule has 26 heavy (non-hydrogen) atoms. The Labute approximate surface area is 153 Å². The Morgan fingerprint density at radius 1 is 1.15 bits per heavy atom. The van der Waals surface area contributed by atoms with Gasteiger partial charge in [-0.1, -0.05) is 29.8 Å². The molecule has 3 aromatic rings. The second-order valence-electron chi connectivity index (χ2n) is 5.84. The van der Waals surface area contributed by atoms with Gasteiger partial charge < -0.3 is 0 Å². The number of benzene rings is 2. The highest BCUT2D eigenvalue weighted by Crippen LogP contribution is 2.25. The smallest absolute Gasteiger partial charge is 0.285 e. The summed E-state index contributed by atoms with van der Waals surface area (Å²) in [7, 11) is 0. The first-order chi connectivity index (χ1) is 12.6. The number of nitrogens with zero attached hydrogens (tertiary/aromatic N) is 5. The predicted molar refractivity (Wildman–Crippen MR) is 95.2 cm³/mol. The zero-order valence-electron chi connectivity index (χ0n) is 13.5. The summed E-state index contributed by atoms with van der Waals surface area (Å²) < 4.78 is 2.59. The third kappa shape index (κ3) is 2.66. The molecule has 0 radical (unpaired) electrons. The third-order valence-corrected chi connectivity index (χ3v) is 4.41. The van der Waals surface area contributed by atoms with Crippen LogP contribution in [0, 0.1) is 11.3 Å². The van der Waals surface area contributed by atoms with Gasteiger partial charge in [0.1, 0.15) is 0 Å². The molecule has 0 aliphatic carbocycles. The predicted octanol–water partition coefficient (Wildman–Crippen LogP) is 2.61. The minimum absolute atomic E-state index is 0.187. The van der Waals surface area contributed by atoms with Gasteiger partial charge in [0.2, 0.25) is 0 Å². The lowest BCUT2D eigenvalue weighted by molar-refractivity contribution is 0.244. The molecule has 0 unspecified atom stereocenters. The van der Waals surface area contributed by atoms with Crippen LogP contribution in [0.2, 0.25) is 5.02 Å². The average molecular weight is 366 g/mol. The second-order valence-corrected chi connectivity index (χ2v) is 6.27. The zero-order chi connectivity index (χ0) is 18.3. The largest absolute Gasteiger partial charge is 0.364 e. The fraction of sp³-hybridized carbons (Fsp3) is 0.111. The van der Waals surface area contributed by atoms with Crippen LogP contribution in [-0.4, -0.2) is 20.4 Å². The monoisotopic (exact) mass is 365 g/mol. The van der Waals surface area contributed by atoms with Crippen molar-refractivity contribution in [1.29, 1.82) is 5.26 Å². The van der Waals surface area contributed by atoms with Gasteiger partial charge in [-0.3, -0.25) is 4.90 Å². The highest BCUT2D eigenvalue weighted by Gasteiger charge is 2.33. The van der Waals surface area contributed by atoms with E-state index in [1.54, 1.807) is 48.5 Å². The van der Waals surface area contributed by atoms with Crippen LogP contribution in [0.4, 0.5) is 10.5 Å². The maximum atomic E-state index is 12.8. The fourth-order valence-electron chi connectivity index (χ4n) is 2.92. The van der Waals surface area contributed by atoms with Crippen molar-refractivity contribution < 1.29 is 4.79 Å². The van der Waals surface area contributed by atoms with E-state index in [1.807, 2.05) is 6.07 Å². The summed E-state index contributed by atoms with van der Waals surface area (Å²) in [5.41, 5.74) is 1.49. The molecule has 0 saturated heterocycles. The Hall–Kier alpha value is -3.37. The molecule has 0 N–H and O–H groups in total. The van der Waals surface area contributed by atoms with Crippen molar-refractivity contribution in [2.45, 2.75) is 13.1 Å². The maximum Gasteiger partial charge on any atom is 0.364 e. The lowest BCUT2D eigenvalue weighted by Gasteiger charge is -2.16. The normalized spacial score (nSPS) is 12.9. The van der Waals surface area contributed by atoms with Gasteiger partial charge in [0.05, 0.1) is 24.7 Å². The molecule has 0 spiro atoms. The Morgan fingerprint density at radius 3 is 2.62 bits per heavy atom. The van der Waals surface area contributed by atoms with Crippen molar-refractivity contribution >= 4 is 23.3 Å². The van der Waals surface area contributed by atoms with Gasteiger partial charge in [-0.15, -0.1) is 0 Å². The van der Waals surface area contributed by atoms with Crippen molar-refractivity contribution in [3.8, 4) is 6.07 Å². The number of aromatic nitrogens is 3. The first kappa shape index (κ1) is 16.1. The zero-order valence-corrected chi connectivity index (χ0v) is 14.2. The molecule has 2 aromatic carbocycles. The molecule has 1 aliphatic rings. The number of rotatable bonds is 3. The van der Waals surface area contributed by atoms with Crippen LogP contribution in [0.25, 0.3) is 0 Å². The SMILES string of the molecule is N#Cc1ccc(Cn2c(=O)nc3n2C(=O)N(c2cccc(Cl)c2)C3)cc1. The van der Waals surface area contributed by atoms with E-state index >= 15 is 0 Å². The highest BCUT2D eigenvalue weighted by atomic mass is 35.5. The summed E-state index contributed by atoms with van der Waals surface area (Å²) in [4.78, 5) is 30.6. The minimum atomic E-state index is -0.483. The molecule has 1 aromatic heterocycles. The van der Waals surface area contributed by atoms with Crippen LogP contribution >= 0.6 is 11.6 Å². The number of halogens is 1. The maximum absolute atomic E-state index is 12.8. The lowest BCUT2D eigenvalue weighted by Crippen LogP contribution is -2.34. The van der Waals surface area contributed by atoms with E-state index in [0.29, 0.717) is 22.1 Å². The van der Waals surface area contributed by atoms with E-state index in [-0.39, 0.29) is 19.1 Å². The molecule has 0 bridgehead atoms. The van der Waals surface area contributed by atoms with E-state index in [0.717, 1.165) is 5.56 Å². The lowest BCUT2D eigenvalue weighted by atomic mass is 10.1. The van der Waals surface area contributed by atoms with Crippen LogP contribution in [0.5, 0.6) is 0 Å². The van der Waals surface area contributed by atoms with Gasteiger partial charge in [0.25, 0.3) is 0 Å². The van der Waals surface area contributed by atoms with Gasteiger partial charge in [0.15, 0.2) is 5.82 Å². The van der Waals surface area contributed by atoms with Crippen molar-refractivity contribution in [1.82, 2.24) is 14.3 Å². The number of amides is 1. The van der Waals surface area contributed by atoms with Crippen LogP contribution in [0.1, 0.15) is 17.0 Å². The van der Waals surface area contributed by atoms with Gasteiger partial charge >= 0.3 is 11.7 Å². The quantitative estimate of drug-likeness (QED) is 0.714. The molecule has 4 rings (SSSR count). The standard InChI is InChI=1S/C18H12ClN5O2/c19-14-2-1-3-15(8-14)22-11-16-21-17(25)23(24(16)18(22)26)10-13-6-4-12(9-20)5-7-13/h1-8H,10-11H2. The Morgan fingerprint density at radius 2 is 1.92 bits per heavy atom. The fourth-order valence-corrected chi connectivity index (χ4v) is 3.11. The van der Waals surface area contributed by atoms with Crippen molar-refractivity contribution in [3.63, 3.8) is 0 Å². The number of carbonyl (C=O) groups excluding carboxylic acids is 1. The van der Waals surface area contributed by atoms with Gasteiger partial charge in [0, 0.05) is 10.7 Å². The van der Waals surface area contributed by atoms with E-state index in [9.17, 15) is 9.59 Å². The molecule has 1 amide bonds. The molecule has 2 heterocycles. The van der Waals surface area contributed by atoms with Gasteiger partial charge in [-0.25, -0.2) is 14.3 Å². The van der Waals surface area contributed by atoms with Crippen molar-refractivity contribution in [3.05, 3.63) is 81.0 Å². The number of hydrogen-bond donors (Lipinski definition) is 0. The van der Waals surface area contributed by atoms with Crippen LogP contribution < -0.4 is 10.6 Å². The molecule has 0 fully saturated rings. The van der Waals surface area contributed by atoms with Gasteiger partial charge in [-0.05, 0) is 35.9 Å².